The van der Waals surface area contributed by atoms with Crippen molar-refractivity contribution in [2.75, 3.05) is 11.9 Å². The van der Waals surface area contributed by atoms with Crippen LogP contribution in [0.2, 0.25) is 0 Å². The average molecular weight is 283 g/mol. The molecule has 2 N–H and O–H groups in total. The van der Waals surface area contributed by atoms with Gasteiger partial charge in [0.15, 0.2) is 0 Å². The van der Waals surface area contributed by atoms with Gasteiger partial charge in [0.2, 0.25) is 0 Å². The minimum Gasteiger partial charge on any atom is -0.369 e. The maximum absolute atomic E-state index is 12.4. The number of anilines is 1. The summed E-state index contributed by atoms with van der Waals surface area (Å²) in [6.45, 7) is 4.85. The molecule has 0 spiro atoms. The van der Waals surface area contributed by atoms with Crippen molar-refractivity contribution in [1.82, 2.24) is 10.3 Å². The summed E-state index contributed by atoms with van der Waals surface area (Å²) in [5, 5.41) is 6.20. The Labute approximate surface area is 125 Å². The van der Waals surface area contributed by atoms with Crippen LogP contribution in [-0.4, -0.2) is 17.4 Å². The van der Waals surface area contributed by atoms with Crippen LogP contribution in [0.3, 0.4) is 0 Å². The Hall–Kier alpha value is -2.36. The molecule has 0 fully saturated rings. The van der Waals surface area contributed by atoms with Crippen LogP contribution in [0.1, 0.15) is 42.2 Å². The van der Waals surface area contributed by atoms with Gasteiger partial charge in [-0.1, -0.05) is 37.3 Å². The molecule has 0 saturated heterocycles. The molecule has 1 amide bonds. The van der Waals surface area contributed by atoms with Gasteiger partial charge in [0, 0.05) is 12.7 Å². The number of amides is 1. The van der Waals surface area contributed by atoms with Crippen LogP contribution in [0, 0.1) is 0 Å². The number of nitrogens with one attached hydrogen (secondary N) is 2. The van der Waals surface area contributed by atoms with Crippen LogP contribution < -0.4 is 10.6 Å². The molecule has 2 aromatic rings. The lowest BCUT2D eigenvalue weighted by Crippen LogP contribution is -2.27. The molecule has 1 aromatic carbocycles. The molecule has 0 radical (unpaired) electrons. The third-order valence-corrected chi connectivity index (χ3v) is 3.24. The predicted octanol–water partition coefficient (Wildman–Crippen LogP) is 3.39. The molecule has 1 aromatic heterocycles. The van der Waals surface area contributed by atoms with E-state index in [0.29, 0.717) is 11.4 Å². The van der Waals surface area contributed by atoms with Crippen LogP contribution in [0.4, 0.5) is 5.82 Å². The Bertz CT molecular complexity index is 584. The van der Waals surface area contributed by atoms with E-state index >= 15 is 0 Å². The van der Waals surface area contributed by atoms with E-state index in [1.165, 1.54) is 0 Å². The topological polar surface area (TPSA) is 54.0 Å². The summed E-state index contributed by atoms with van der Waals surface area (Å²) >= 11 is 0. The first kappa shape index (κ1) is 15.0. The van der Waals surface area contributed by atoms with Gasteiger partial charge in [-0.3, -0.25) is 4.79 Å². The van der Waals surface area contributed by atoms with Crippen molar-refractivity contribution in [3.05, 3.63) is 59.8 Å². The first-order valence-corrected chi connectivity index (χ1v) is 7.27. The van der Waals surface area contributed by atoms with E-state index < -0.39 is 0 Å². The number of nitrogens with zero attached hydrogens (tertiary/aromatic N) is 1. The molecule has 110 valence electrons. The van der Waals surface area contributed by atoms with Crippen molar-refractivity contribution >= 4 is 11.7 Å². The highest BCUT2D eigenvalue weighted by atomic mass is 16.1. The molecular formula is C17H21N3O. The monoisotopic (exact) mass is 283 g/mol. The van der Waals surface area contributed by atoms with Gasteiger partial charge in [0.05, 0.1) is 11.6 Å². The predicted molar refractivity (Wildman–Crippen MR) is 85.3 cm³/mol. The molecular weight excluding hydrogens is 262 g/mol. The lowest BCUT2D eigenvalue weighted by Gasteiger charge is -2.16. The van der Waals surface area contributed by atoms with Crippen molar-refractivity contribution in [3.63, 3.8) is 0 Å². The number of aromatic nitrogens is 1. The van der Waals surface area contributed by atoms with E-state index in [2.05, 4.69) is 22.5 Å². The zero-order valence-electron chi connectivity index (χ0n) is 12.5. The summed E-state index contributed by atoms with van der Waals surface area (Å²) in [5.74, 6) is 0.523. The van der Waals surface area contributed by atoms with Crippen LogP contribution in [0.25, 0.3) is 0 Å². The Morgan fingerprint density at radius 2 is 1.95 bits per heavy atom. The standard InChI is InChI=1S/C17H21N3O/c1-3-11-18-16-15(10-7-12-19-16)17(21)20-13(2)14-8-5-4-6-9-14/h4-10,12-13H,3,11H2,1-2H3,(H,18,19)(H,20,21). The van der Waals surface area contributed by atoms with Gasteiger partial charge in [-0.05, 0) is 31.0 Å². The van der Waals surface area contributed by atoms with Gasteiger partial charge in [0.25, 0.3) is 5.91 Å². The lowest BCUT2D eigenvalue weighted by atomic mass is 10.1. The number of carbonyl (C=O) groups excluding carboxylic acids is 1. The van der Waals surface area contributed by atoms with E-state index in [4.69, 9.17) is 0 Å². The highest BCUT2D eigenvalue weighted by Crippen LogP contribution is 2.15. The number of hydrogen-bond donors (Lipinski definition) is 2. The Morgan fingerprint density at radius 3 is 2.67 bits per heavy atom. The normalized spacial score (nSPS) is 11.7. The lowest BCUT2D eigenvalue weighted by molar-refractivity contribution is 0.0940. The summed E-state index contributed by atoms with van der Waals surface area (Å²) in [7, 11) is 0. The van der Waals surface area contributed by atoms with Gasteiger partial charge < -0.3 is 10.6 Å². The summed E-state index contributed by atoms with van der Waals surface area (Å²) in [5.41, 5.74) is 1.66. The molecule has 2 rings (SSSR count). The summed E-state index contributed by atoms with van der Waals surface area (Å²) in [6.07, 6.45) is 2.67. The number of carbonyl (C=O) groups is 1. The molecule has 0 aliphatic heterocycles. The smallest absolute Gasteiger partial charge is 0.255 e. The highest BCUT2D eigenvalue weighted by Gasteiger charge is 2.15. The fourth-order valence-electron chi connectivity index (χ4n) is 2.07. The van der Waals surface area contributed by atoms with E-state index in [1.54, 1.807) is 18.3 Å². The Balaban J connectivity index is 2.10. The second-order valence-corrected chi connectivity index (χ2v) is 4.93. The molecule has 21 heavy (non-hydrogen) atoms. The quantitative estimate of drug-likeness (QED) is 0.854. The number of pyridine rings is 1. The maximum atomic E-state index is 12.4. The molecule has 1 heterocycles. The second-order valence-electron chi connectivity index (χ2n) is 4.93. The van der Waals surface area contributed by atoms with Gasteiger partial charge in [-0.15, -0.1) is 0 Å². The highest BCUT2D eigenvalue weighted by molar-refractivity contribution is 5.98. The minimum absolute atomic E-state index is 0.0436. The van der Waals surface area contributed by atoms with Crippen molar-refractivity contribution in [1.29, 1.82) is 0 Å². The average Bonchev–Trinajstić information content (AvgIpc) is 2.54. The molecule has 1 atom stereocenters. The van der Waals surface area contributed by atoms with Crippen LogP contribution in [0.5, 0.6) is 0 Å². The number of benzene rings is 1. The zero-order chi connectivity index (χ0) is 15.1. The van der Waals surface area contributed by atoms with E-state index in [0.717, 1.165) is 18.5 Å². The molecule has 0 bridgehead atoms. The fourth-order valence-corrected chi connectivity index (χ4v) is 2.07. The van der Waals surface area contributed by atoms with Crippen molar-refractivity contribution in [3.8, 4) is 0 Å². The summed E-state index contributed by atoms with van der Waals surface area (Å²) < 4.78 is 0. The van der Waals surface area contributed by atoms with Crippen LogP contribution in [-0.2, 0) is 0 Å². The molecule has 0 aliphatic rings. The summed E-state index contributed by atoms with van der Waals surface area (Å²) in [6, 6.07) is 13.4. The Morgan fingerprint density at radius 1 is 1.19 bits per heavy atom. The van der Waals surface area contributed by atoms with Crippen molar-refractivity contribution < 1.29 is 4.79 Å². The first-order valence-electron chi connectivity index (χ1n) is 7.27. The van der Waals surface area contributed by atoms with Gasteiger partial charge in [-0.2, -0.15) is 0 Å². The second kappa shape index (κ2) is 7.43. The maximum Gasteiger partial charge on any atom is 0.255 e. The molecule has 0 saturated carbocycles. The van der Waals surface area contributed by atoms with E-state index in [1.807, 2.05) is 37.3 Å². The van der Waals surface area contributed by atoms with Crippen LogP contribution in [0.15, 0.2) is 48.7 Å². The SMILES string of the molecule is CCCNc1ncccc1C(=O)NC(C)c1ccccc1. The number of hydrogen-bond acceptors (Lipinski definition) is 3. The Kier molecular flexibility index (Phi) is 5.32. The number of rotatable bonds is 6. The fraction of sp³-hybridized carbons (Fsp3) is 0.294. The van der Waals surface area contributed by atoms with Gasteiger partial charge >= 0.3 is 0 Å². The van der Waals surface area contributed by atoms with Crippen LogP contribution >= 0.6 is 0 Å². The van der Waals surface area contributed by atoms with E-state index in [9.17, 15) is 4.79 Å². The third-order valence-electron chi connectivity index (χ3n) is 3.24. The first-order chi connectivity index (χ1) is 10.2. The van der Waals surface area contributed by atoms with Gasteiger partial charge in [0.1, 0.15) is 5.82 Å². The van der Waals surface area contributed by atoms with Crippen molar-refractivity contribution in [2.24, 2.45) is 0 Å². The largest absolute Gasteiger partial charge is 0.369 e. The molecule has 0 aliphatic carbocycles. The molecule has 4 nitrogen and oxygen atoms in total. The minimum atomic E-state index is -0.113. The van der Waals surface area contributed by atoms with E-state index in [-0.39, 0.29) is 11.9 Å². The molecule has 4 heteroatoms. The third kappa shape index (κ3) is 4.05. The van der Waals surface area contributed by atoms with Gasteiger partial charge in [-0.25, -0.2) is 4.98 Å². The molecule has 1 unspecified atom stereocenters. The zero-order valence-corrected chi connectivity index (χ0v) is 12.5. The van der Waals surface area contributed by atoms with Crippen molar-refractivity contribution in [2.45, 2.75) is 26.3 Å². The summed E-state index contributed by atoms with van der Waals surface area (Å²) in [4.78, 5) is 16.7.